The maximum Gasteiger partial charge on any atom is 0.247 e. The number of nitriles is 1. The number of nitrogens with zero attached hydrogens (tertiary/aromatic N) is 2. The van der Waals surface area contributed by atoms with E-state index in [4.69, 9.17) is 0 Å². The van der Waals surface area contributed by atoms with E-state index in [9.17, 15) is 10.1 Å². The molecule has 2 fully saturated rings. The zero-order valence-electron chi connectivity index (χ0n) is 12.2. The summed E-state index contributed by atoms with van der Waals surface area (Å²) in [7, 11) is 0. The Labute approximate surface area is 125 Å². The van der Waals surface area contributed by atoms with Gasteiger partial charge in [-0.05, 0) is 31.2 Å². The van der Waals surface area contributed by atoms with Crippen LogP contribution in [0.3, 0.4) is 0 Å². The molecule has 2 aliphatic rings. The predicted octanol–water partition coefficient (Wildman–Crippen LogP) is 2.03. The highest BCUT2D eigenvalue weighted by molar-refractivity contribution is 5.88. The third-order valence-electron chi connectivity index (χ3n) is 4.66. The van der Waals surface area contributed by atoms with E-state index in [1.807, 2.05) is 35.2 Å². The number of benzene rings is 1. The molecule has 0 saturated carbocycles. The molecule has 2 atom stereocenters. The van der Waals surface area contributed by atoms with Crippen molar-refractivity contribution in [1.82, 2.24) is 10.2 Å². The van der Waals surface area contributed by atoms with Crippen molar-refractivity contribution in [2.24, 2.45) is 5.92 Å². The number of amides is 1. The molecule has 1 aromatic rings. The standard InChI is InChI=1S/C17H21N3O/c18-12-14-11-17(19-13-14,15-7-3-1-4-8-15)16(21)20-9-5-2-6-10-20/h1,3-4,7-8,14,19H,2,5-6,9-11,13H2. The highest BCUT2D eigenvalue weighted by Gasteiger charge is 2.48. The van der Waals surface area contributed by atoms with E-state index in [0.29, 0.717) is 13.0 Å². The summed E-state index contributed by atoms with van der Waals surface area (Å²) in [6.07, 6.45) is 3.94. The second-order valence-electron chi connectivity index (χ2n) is 6.04. The molecule has 1 N–H and O–H groups in total. The van der Waals surface area contributed by atoms with Crippen LogP contribution >= 0.6 is 0 Å². The Bertz CT molecular complexity index is 545. The van der Waals surface area contributed by atoms with E-state index in [-0.39, 0.29) is 11.8 Å². The second-order valence-corrected chi connectivity index (χ2v) is 6.04. The van der Waals surface area contributed by atoms with Gasteiger partial charge in [-0.25, -0.2) is 0 Å². The zero-order chi connectivity index (χ0) is 14.7. The van der Waals surface area contributed by atoms with E-state index < -0.39 is 5.54 Å². The highest BCUT2D eigenvalue weighted by atomic mass is 16.2. The van der Waals surface area contributed by atoms with E-state index in [1.165, 1.54) is 6.42 Å². The van der Waals surface area contributed by atoms with Crippen LogP contribution in [0.2, 0.25) is 0 Å². The van der Waals surface area contributed by atoms with E-state index >= 15 is 0 Å². The molecule has 1 aromatic carbocycles. The molecule has 0 aliphatic carbocycles. The minimum absolute atomic E-state index is 0.0982. The fourth-order valence-corrected chi connectivity index (χ4v) is 3.50. The van der Waals surface area contributed by atoms with Gasteiger partial charge in [-0.2, -0.15) is 5.26 Å². The average molecular weight is 283 g/mol. The average Bonchev–Trinajstić information content (AvgIpc) is 3.01. The Morgan fingerprint density at radius 2 is 1.95 bits per heavy atom. The van der Waals surface area contributed by atoms with Gasteiger partial charge in [0.05, 0.1) is 12.0 Å². The minimum Gasteiger partial charge on any atom is -0.341 e. The van der Waals surface area contributed by atoms with Crippen LogP contribution in [-0.4, -0.2) is 30.4 Å². The van der Waals surface area contributed by atoms with Crippen molar-refractivity contribution in [1.29, 1.82) is 5.26 Å². The Morgan fingerprint density at radius 3 is 2.57 bits per heavy atom. The first-order chi connectivity index (χ1) is 10.3. The highest BCUT2D eigenvalue weighted by Crippen LogP contribution is 2.36. The van der Waals surface area contributed by atoms with E-state index in [0.717, 1.165) is 31.5 Å². The molecule has 2 aliphatic heterocycles. The smallest absolute Gasteiger partial charge is 0.247 e. The molecule has 2 heterocycles. The van der Waals surface area contributed by atoms with Gasteiger partial charge in [0, 0.05) is 19.6 Å². The Morgan fingerprint density at radius 1 is 1.24 bits per heavy atom. The molecule has 2 saturated heterocycles. The molecule has 0 aromatic heterocycles. The summed E-state index contributed by atoms with van der Waals surface area (Å²) >= 11 is 0. The Kier molecular flexibility index (Phi) is 3.94. The molecule has 2 unspecified atom stereocenters. The van der Waals surface area contributed by atoms with Gasteiger partial charge < -0.3 is 4.90 Å². The molecule has 4 heteroatoms. The van der Waals surface area contributed by atoms with Crippen LogP contribution in [0.4, 0.5) is 0 Å². The van der Waals surface area contributed by atoms with Crippen molar-refractivity contribution in [2.75, 3.05) is 19.6 Å². The molecular formula is C17H21N3O. The minimum atomic E-state index is -0.709. The molecule has 21 heavy (non-hydrogen) atoms. The maximum atomic E-state index is 13.1. The van der Waals surface area contributed by atoms with Crippen molar-refractivity contribution in [3.05, 3.63) is 35.9 Å². The van der Waals surface area contributed by atoms with Crippen LogP contribution in [0.15, 0.2) is 30.3 Å². The monoisotopic (exact) mass is 283 g/mol. The number of likely N-dealkylation sites (tertiary alicyclic amines) is 1. The summed E-state index contributed by atoms with van der Waals surface area (Å²) in [5.41, 5.74) is 0.275. The summed E-state index contributed by atoms with van der Waals surface area (Å²) in [4.78, 5) is 15.1. The van der Waals surface area contributed by atoms with Gasteiger partial charge in [-0.15, -0.1) is 0 Å². The van der Waals surface area contributed by atoms with Crippen LogP contribution in [-0.2, 0) is 10.3 Å². The number of rotatable bonds is 2. The van der Waals surface area contributed by atoms with E-state index in [2.05, 4.69) is 11.4 Å². The van der Waals surface area contributed by atoms with Gasteiger partial charge in [0.25, 0.3) is 0 Å². The normalized spacial score (nSPS) is 29.1. The van der Waals surface area contributed by atoms with Crippen LogP contribution in [0, 0.1) is 17.2 Å². The molecule has 110 valence electrons. The summed E-state index contributed by atoms with van der Waals surface area (Å²) in [5.74, 6) is 0.0464. The summed E-state index contributed by atoms with van der Waals surface area (Å²) in [6.45, 7) is 2.27. The predicted molar refractivity (Wildman–Crippen MR) is 80.3 cm³/mol. The molecule has 3 rings (SSSR count). The quantitative estimate of drug-likeness (QED) is 0.903. The maximum absolute atomic E-state index is 13.1. The van der Waals surface area contributed by atoms with Crippen molar-refractivity contribution in [2.45, 2.75) is 31.2 Å². The Hall–Kier alpha value is -1.86. The number of carbonyl (C=O) groups excluding carboxylic acids is 1. The number of piperidine rings is 1. The fourth-order valence-electron chi connectivity index (χ4n) is 3.50. The lowest BCUT2D eigenvalue weighted by Gasteiger charge is -2.37. The fraction of sp³-hybridized carbons (Fsp3) is 0.529. The second kappa shape index (κ2) is 5.87. The summed E-state index contributed by atoms with van der Waals surface area (Å²) in [5, 5.41) is 12.6. The van der Waals surface area contributed by atoms with Gasteiger partial charge in [0.15, 0.2) is 0 Å². The first-order valence-electron chi connectivity index (χ1n) is 7.76. The lowest BCUT2D eigenvalue weighted by Crippen LogP contribution is -2.53. The Balaban J connectivity index is 1.93. The van der Waals surface area contributed by atoms with Crippen LogP contribution in [0.25, 0.3) is 0 Å². The molecule has 1 amide bonds. The molecule has 0 bridgehead atoms. The number of carbonyl (C=O) groups is 1. The van der Waals surface area contributed by atoms with E-state index in [1.54, 1.807) is 0 Å². The molecule has 4 nitrogen and oxygen atoms in total. The van der Waals surface area contributed by atoms with Gasteiger partial charge in [-0.1, -0.05) is 30.3 Å². The van der Waals surface area contributed by atoms with Gasteiger partial charge in [0.2, 0.25) is 5.91 Å². The van der Waals surface area contributed by atoms with Crippen LogP contribution < -0.4 is 5.32 Å². The SMILES string of the molecule is N#CC1CNC(C(=O)N2CCCCC2)(c2ccccc2)C1. The van der Waals surface area contributed by atoms with Crippen molar-refractivity contribution in [3.8, 4) is 6.07 Å². The number of hydrogen-bond acceptors (Lipinski definition) is 3. The number of nitrogens with one attached hydrogen (secondary N) is 1. The third kappa shape index (κ3) is 2.54. The van der Waals surface area contributed by atoms with Gasteiger partial charge >= 0.3 is 0 Å². The summed E-state index contributed by atoms with van der Waals surface area (Å²) in [6, 6.07) is 12.2. The zero-order valence-corrected chi connectivity index (χ0v) is 12.2. The largest absolute Gasteiger partial charge is 0.341 e. The van der Waals surface area contributed by atoms with Crippen molar-refractivity contribution in [3.63, 3.8) is 0 Å². The van der Waals surface area contributed by atoms with Gasteiger partial charge in [0.1, 0.15) is 5.54 Å². The number of hydrogen-bond donors (Lipinski definition) is 1. The third-order valence-corrected chi connectivity index (χ3v) is 4.66. The molecular weight excluding hydrogens is 262 g/mol. The lowest BCUT2D eigenvalue weighted by atomic mass is 9.84. The van der Waals surface area contributed by atoms with Gasteiger partial charge in [-0.3, -0.25) is 10.1 Å². The van der Waals surface area contributed by atoms with Crippen molar-refractivity contribution < 1.29 is 4.79 Å². The first kappa shape index (κ1) is 14.1. The topological polar surface area (TPSA) is 56.1 Å². The first-order valence-corrected chi connectivity index (χ1v) is 7.76. The molecule has 0 spiro atoms. The van der Waals surface area contributed by atoms with Crippen LogP contribution in [0.5, 0.6) is 0 Å². The van der Waals surface area contributed by atoms with Crippen LogP contribution in [0.1, 0.15) is 31.2 Å². The molecule has 0 radical (unpaired) electrons. The summed E-state index contributed by atoms with van der Waals surface area (Å²) < 4.78 is 0. The van der Waals surface area contributed by atoms with Crippen molar-refractivity contribution >= 4 is 5.91 Å². The lowest BCUT2D eigenvalue weighted by molar-refractivity contribution is -0.139.